The largest absolute Gasteiger partial charge is 0.383 e. The molecule has 21 heavy (non-hydrogen) atoms. The molecule has 6 nitrogen and oxygen atoms in total. The molecule has 2 aliphatic rings. The monoisotopic (exact) mass is 292 g/mol. The standard InChI is InChI=1S/C15H24N4O2/c1-17-5-4-14(16-17)15(20)19-10-12-3-6-18(7-8-21-2)9-13(12)11-19/h4-5,12-13H,3,6-11H2,1-2H3/t12-,13+/m1/s1. The number of aryl methyl sites for hydroxylation is 1. The van der Waals surface area contributed by atoms with Crippen LogP contribution in [0.2, 0.25) is 0 Å². The lowest BCUT2D eigenvalue weighted by Crippen LogP contribution is -2.41. The number of piperidine rings is 1. The molecule has 2 atom stereocenters. The quantitative estimate of drug-likeness (QED) is 0.809. The summed E-state index contributed by atoms with van der Waals surface area (Å²) in [6.45, 7) is 5.74. The van der Waals surface area contributed by atoms with Gasteiger partial charge in [-0.25, -0.2) is 0 Å². The maximum absolute atomic E-state index is 12.5. The van der Waals surface area contributed by atoms with Gasteiger partial charge in [0.25, 0.3) is 5.91 Å². The van der Waals surface area contributed by atoms with Gasteiger partial charge in [0, 0.05) is 46.5 Å². The van der Waals surface area contributed by atoms with E-state index in [1.807, 2.05) is 18.1 Å². The SMILES string of the molecule is COCCN1CC[C@@H]2CN(C(=O)c3ccn(C)n3)C[C@@H]2C1. The molecule has 0 bridgehead atoms. The molecule has 3 rings (SSSR count). The first-order valence-corrected chi connectivity index (χ1v) is 7.67. The van der Waals surface area contributed by atoms with Gasteiger partial charge in [-0.1, -0.05) is 0 Å². The highest BCUT2D eigenvalue weighted by Gasteiger charge is 2.39. The molecule has 3 heterocycles. The van der Waals surface area contributed by atoms with E-state index in [9.17, 15) is 4.79 Å². The van der Waals surface area contributed by atoms with Gasteiger partial charge in [-0.15, -0.1) is 0 Å². The number of fused-ring (bicyclic) bond motifs is 1. The first-order chi connectivity index (χ1) is 10.2. The molecule has 1 aromatic heterocycles. The van der Waals surface area contributed by atoms with Crippen molar-refractivity contribution in [3.8, 4) is 0 Å². The summed E-state index contributed by atoms with van der Waals surface area (Å²) in [5, 5.41) is 4.23. The first-order valence-electron chi connectivity index (χ1n) is 7.67. The molecule has 2 aliphatic heterocycles. The number of ether oxygens (including phenoxy) is 1. The lowest BCUT2D eigenvalue weighted by molar-refractivity contribution is 0.0776. The second-order valence-electron chi connectivity index (χ2n) is 6.19. The Morgan fingerprint density at radius 3 is 2.90 bits per heavy atom. The van der Waals surface area contributed by atoms with E-state index in [2.05, 4.69) is 10.00 Å². The summed E-state index contributed by atoms with van der Waals surface area (Å²) in [6, 6.07) is 1.80. The molecule has 0 aliphatic carbocycles. The van der Waals surface area contributed by atoms with Gasteiger partial charge >= 0.3 is 0 Å². The van der Waals surface area contributed by atoms with Crippen LogP contribution in [0, 0.1) is 11.8 Å². The van der Waals surface area contributed by atoms with Crippen LogP contribution in [-0.2, 0) is 11.8 Å². The Morgan fingerprint density at radius 1 is 1.38 bits per heavy atom. The molecule has 0 saturated carbocycles. The number of hydrogen-bond donors (Lipinski definition) is 0. The van der Waals surface area contributed by atoms with Crippen LogP contribution in [-0.4, -0.2) is 71.9 Å². The maximum Gasteiger partial charge on any atom is 0.274 e. The molecule has 2 fully saturated rings. The van der Waals surface area contributed by atoms with Crippen molar-refractivity contribution in [2.75, 3.05) is 46.4 Å². The highest BCUT2D eigenvalue weighted by Crippen LogP contribution is 2.31. The smallest absolute Gasteiger partial charge is 0.274 e. The fraction of sp³-hybridized carbons (Fsp3) is 0.733. The van der Waals surface area contributed by atoms with Gasteiger partial charge in [0.2, 0.25) is 0 Å². The minimum atomic E-state index is 0.0773. The molecule has 6 heteroatoms. The summed E-state index contributed by atoms with van der Waals surface area (Å²) in [4.78, 5) is 16.9. The van der Waals surface area contributed by atoms with Gasteiger partial charge in [-0.05, 0) is 30.9 Å². The molecule has 1 amide bonds. The van der Waals surface area contributed by atoms with Crippen LogP contribution >= 0.6 is 0 Å². The second-order valence-corrected chi connectivity index (χ2v) is 6.19. The lowest BCUT2D eigenvalue weighted by atomic mass is 9.89. The van der Waals surface area contributed by atoms with E-state index >= 15 is 0 Å². The number of hydrogen-bond acceptors (Lipinski definition) is 4. The Morgan fingerprint density at radius 2 is 2.19 bits per heavy atom. The third-order valence-corrected chi connectivity index (χ3v) is 4.72. The Kier molecular flexibility index (Phi) is 4.26. The van der Waals surface area contributed by atoms with Crippen LogP contribution in [0.5, 0.6) is 0 Å². The third-order valence-electron chi connectivity index (χ3n) is 4.72. The summed E-state index contributed by atoms with van der Waals surface area (Å²) in [7, 11) is 3.59. The molecule has 0 N–H and O–H groups in total. The number of likely N-dealkylation sites (tertiary alicyclic amines) is 2. The van der Waals surface area contributed by atoms with Crippen molar-refractivity contribution >= 4 is 5.91 Å². The van der Waals surface area contributed by atoms with Crippen molar-refractivity contribution in [2.24, 2.45) is 18.9 Å². The fourth-order valence-corrected chi connectivity index (χ4v) is 3.52. The van der Waals surface area contributed by atoms with E-state index in [0.717, 1.165) is 39.3 Å². The summed E-state index contributed by atoms with van der Waals surface area (Å²) in [6.07, 6.45) is 3.00. The van der Waals surface area contributed by atoms with E-state index in [0.29, 0.717) is 17.5 Å². The van der Waals surface area contributed by atoms with Gasteiger partial charge in [0.05, 0.1) is 6.61 Å². The highest BCUT2D eigenvalue weighted by molar-refractivity contribution is 5.92. The summed E-state index contributed by atoms with van der Waals surface area (Å²) >= 11 is 0. The van der Waals surface area contributed by atoms with Gasteiger partial charge in [0.15, 0.2) is 0 Å². The summed E-state index contributed by atoms with van der Waals surface area (Å²) < 4.78 is 6.84. The van der Waals surface area contributed by atoms with Crippen LogP contribution in [0.4, 0.5) is 0 Å². The van der Waals surface area contributed by atoms with Gasteiger partial charge in [-0.3, -0.25) is 9.48 Å². The van der Waals surface area contributed by atoms with Crippen molar-refractivity contribution in [1.29, 1.82) is 0 Å². The Labute approximate surface area is 125 Å². The number of carbonyl (C=O) groups is 1. The molecule has 0 spiro atoms. The minimum absolute atomic E-state index is 0.0773. The minimum Gasteiger partial charge on any atom is -0.383 e. The molecular weight excluding hydrogens is 268 g/mol. The maximum atomic E-state index is 12.5. The van der Waals surface area contributed by atoms with Gasteiger partial charge in [0.1, 0.15) is 5.69 Å². The average Bonchev–Trinajstić information content (AvgIpc) is 3.09. The van der Waals surface area contributed by atoms with E-state index in [1.54, 1.807) is 17.9 Å². The normalized spacial score (nSPS) is 26.1. The Bertz CT molecular complexity index is 502. The zero-order valence-electron chi connectivity index (χ0n) is 12.9. The van der Waals surface area contributed by atoms with Crippen molar-refractivity contribution in [3.63, 3.8) is 0 Å². The van der Waals surface area contributed by atoms with Crippen molar-refractivity contribution in [2.45, 2.75) is 6.42 Å². The molecule has 116 valence electrons. The van der Waals surface area contributed by atoms with Crippen LogP contribution in [0.25, 0.3) is 0 Å². The predicted octanol–water partition coefficient (Wildman–Crippen LogP) is 0.460. The molecule has 0 radical (unpaired) electrons. The third kappa shape index (κ3) is 3.11. The molecule has 1 aromatic rings. The van der Waals surface area contributed by atoms with Crippen molar-refractivity contribution in [1.82, 2.24) is 19.6 Å². The summed E-state index contributed by atoms with van der Waals surface area (Å²) in [5.41, 5.74) is 0.562. The van der Waals surface area contributed by atoms with Gasteiger partial charge < -0.3 is 14.5 Å². The molecule has 0 unspecified atom stereocenters. The van der Waals surface area contributed by atoms with E-state index in [4.69, 9.17) is 4.74 Å². The van der Waals surface area contributed by atoms with Gasteiger partial charge in [-0.2, -0.15) is 5.10 Å². The zero-order chi connectivity index (χ0) is 14.8. The van der Waals surface area contributed by atoms with Crippen molar-refractivity contribution < 1.29 is 9.53 Å². The molecule has 0 aromatic carbocycles. The highest BCUT2D eigenvalue weighted by atomic mass is 16.5. The summed E-state index contributed by atoms with van der Waals surface area (Å²) in [5.74, 6) is 1.33. The predicted molar refractivity (Wildman–Crippen MR) is 79.0 cm³/mol. The Balaban J connectivity index is 1.59. The van der Waals surface area contributed by atoms with E-state index in [-0.39, 0.29) is 5.91 Å². The topological polar surface area (TPSA) is 50.6 Å². The fourth-order valence-electron chi connectivity index (χ4n) is 3.52. The number of methoxy groups -OCH3 is 1. The van der Waals surface area contributed by atoms with Crippen LogP contribution in [0.1, 0.15) is 16.9 Å². The van der Waals surface area contributed by atoms with E-state index in [1.165, 1.54) is 6.42 Å². The number of amides is 1. The molecular formula is C15H24N4O2. The number of aromatic nitrogens is 2. The molecule has 2 saturated heterocycles. The van der Waals surface area contributed by atoms with Crippen LogP contribution < -0.4 is 0 Å². The number of nitrogens with zero attached hydrogens (tertiary/aromatic N) is 4. The zero-order valence-corrected chi connectivity index (χ0v) is 12.9. The average molecular weight is 292 g/mol. The Hall–Kier alpha value is -1.40. The van der Waals surface area contributed by atoms with E-state index < -0.39 is 0 Å². The number of carbonyl (C=O) groups excluding carboxylic acids is 1. The van der Waals surface area contributed by atoms with Crippen molar-refractivity contribution in [3.05, 3.63) is 18.0 Å². The van der Waals surface area contributed by atoms with Crippen LogP contribution in [0.15, 0.2) is 12.3 Å². The lowest BCUT2D eigenvalue weighted by Gasteiger charge is -2.33. The second kappa shape index (κ2) is 6.15. The first kappa shape index (κ1) is 14.5. The van der Waals surface area contributed by atoms with Crippen LogP contribution in [0.3, 0.4) is 0 Å². The number of rotatable bonds is 4.